The molecule has 0 spiro atoms. The number of nitrogens with zero attached hydrogens (tertiary/aromatic N) is 2. The minimum atomic E-state index is 0.525. The molecule has 1 aliphatic heterocycles. The van der Waals surface area contributed by atoms with Gasteiger partial charge in [-0.2, -0.15) is 5.10 Å². The third-order valence-corrected chi connectivity index (χ3v) is 2.71. The molecule has 0 bridgehead atoms. The second-order valence-electron chi connectivity index (χ2n) is 3.90. The van der Waals surface area contributed by atoms with E-state index in [1.807, 2.05) is 12.3 Å². The van der Waals surface area contributed by atoms with Crippen LogP contribution in [0.1, 0.15) is 18.9 Å². The first-order chi connectivity index (χ1) is 7.42. The van der Waals surface area contributed by atoms with Crippen molar-refractivity contribution in [1.82, 2.24) is 15.1 Å². The lowest BCUT2D eigenvalue weighted by molar-refractivity contribution is 0.321. The molecule has 5 nitrogen and oxygen atoms in total. The van der Waals surface area contributed by atoms with Gasteiger partial charge in [-0.3, -0.25) is 0 Å². The predicted octanol–water partition coefficient (Wildman–Crippen LogP) is 0.178. The average molecular weight is 209 g/mol. The fourth-order valence-electron chi connectivity index (χ4n) is 1.68. The van der Waals surface area contributed by atoms with E-state index in [0.717, 1.165) is 44.8 Å². The van der Waals surface area contributed by atoms with Gasteiger partial charge in [0, 0.05) is 25.7 Å². The summed E-state index contributed by atoms with van der Waals surface area (Å²) in [6.07, 6.45) is 4.04. The SMILES string of the molecule is NCCCCNc1ccnn1C1CNC1. The fourth-order valence-corrected chi connectivity index (χ4v) is 1.68. The lowest BCUT2D eigenvalue weighted by atomic mass is 10.2. The maximum absolute atomic E-state index is 5.44. The zero-order chi connectivity index (χ0) is 10.5. The number of hydrogen-bond donors (Lipinski definition) is 3. The molecule has 0 aromatic carbocycles. The highest BCUT2D eigenvalue weighted by atomic mass is 15.4. The largest absolute Gasteiger partial charge is 0.370 e. The quantitative estimate of drug-likeness (QED) is 0.585. The number of nitrogens with one attached hydrogen (secondary N) is 2. The summed E-state index contributed by atoms with van der Waals surface area (Å²) < 4.78 is 2.07. The van der Waals surface area contributed by atoms with Crippen molar-refractivity contribution >= 4 is 5.82 Å². The molecule has 1 aromatic heterocycles. The number of rotatable bonds is 6. The van der Waals surface area contributed by atoms with E-state index in [2.05, 4.69) is 20.4 Å². The third kappa shape index (κ3) is 2.49. The fraction of sp³-hybridized carbons (Fsp3) is 0.700. The van der Waals surface area contributed by atoms with Crippen LogP contribution in [0.5, 0.6) is 0 Å². The van der Waals surface area contributed by atoms with Crippen LogP contribution in [0.3, 0.4) is 0 Å². The van der Waals surface area contributed by atoms with Gasteiger partial charge in [-0.05, 0) is 19.4 Å². The molecule has 2 rings (SSSR count). The summed E-state index contributed by atoms with van der Waals surface area (Å²) in [7, 11) is 0. The molecular weight excluding hydrogens is 190 g/mol. The number of hydrogen-bond acceptors (Lipinski definition) is 4. The highest BCUT2D eigenvalue weighted by molar-refractivity contribution is 5.34. The van der Waals surface area contributed by atoms with E-state index in [0.29, 0.717) is 6.04 Å². The molecule has 0 atom stereocenters. The zero-order valence-electron chi connectivity index (χ0n) is 8.95. The van der Waals surface area contributed by atoms with E-state index in [1.54, 1.807) is 0 Å². The summed E-state index contributed by atoms with van der Waals surface area (Å²) in [4.78, 5) is 0. The molecule has 84 valence electrons. The van der Waals surface area contributed by atoms with Crippen molar-refractivity contribution in [2.24, 2.45) is 5.73 Å². The topological polar surface area (TPSA) is 67.9 Å². The molecule has 0 saturated carbocycles. The van der Waals surface area contributed by atoms with Crippen molar-refractivity contribution in [1.29, 1.82) is 0 Å². The molecule has 0 amide bonds. The van der Waals surface area contributed by atoms with Gasteiger partial charge in [-0.25, -0.2) is 4.68 Å². The van der Waals surface area contributed by atoms with Crippen molar-refractivity contribution in [3.8, 4) is 0 Å². The lowest BCUT2D eigenvalue weighted by Gasteiger charge is -2.28. The Bertz CT molecular complexity index is 292. The molecule has 0 unspecified atom stereocenters. The summed E-state index contributed by atoms with van der Waals surface area (Å²) in [6.45, 7) is 3.80. The maximum Gasteiger partial charge on any atom is 0.124 e. The van der Waals surface area contributed by atoms with Crippen LogP contribution in [-0.4, -0.2) is 36.0 Å². The minimum absolute atomic E-state index is 0.525. The van der Waals surface area contributed by atoms with Crippen LogP contribution < -0.4 is 16.4 Å². The first-order valence-corrected chi connectivity index (χ1v) is 5.60. The summed E-state index contributed by atoms with van der Waals surface area (Å²) in [5.41, 5.74) is 5.44. The Morgan fingerprint density at radius 3 is 3.07 bits per heavy atom. The summed E-state index contributed by atoms with van der Waals surface area (Å²) in [5.74, 6) is 1.12. The maximum atomic E-state index is 5.44. The van der Waals surface area contributed by atoms with Crippen molar-refractivity contribution < 1.29 is 0 Å². The molecule has 0 aliphatic carbocycles. The van der Waals surface area contributed by atoms with Crippen molar-refractivity contribution in [3.05, 3.63) is 12.3 Å². The summed E-state index contributed by atoms with van der Waals surface area (Å²) in [6, 6.07) is 2.55. The monoisotopic (exact) mass is 209 g/mol. The zero-order valence-corrected chi connectivity index (χ0v) is 8.95. The van der Waals surface area contributed by atoms with Crippen LogP contribution in [0.25, 0.3) is 0 Å². The van der Waals surface area contributed by atoms with Gasteiger partial charge in [-0.1, -0.05) is 0 Å². The Hall–Kier alpha value is -1.07. The van der Waals surface area contributed by atoms with E-state index in [4.69, 9.17) is 5.73 Å². The second-order valence-corrected chi connectivity index (χ2v) is 3.90. The highest BCUT2D eigenvalue weighted by Crippen LogP contribution is 2.17. The summed E-state index contributed by atoms with van der Waals surface area (Å²) in [5, 5.41) is 11.0. The third-order valence-electron chi connectivity index (χ3n) is 2.71. The molecule has 2 heterocycles. The summed E-state index contributed by atoms with van der Waals surface area (Å²) >= 11 is 0. The van der Waals surface area contributed by atoms with Gasteiger partial charge in [0.25, 0.3) is 0 Å². The number of nitrogens with two attached hydrogens (primary N) is 1. The molecule has 1 aromatic rings. The Labute approximate surface area is 90.0 Å². The van der Waals surface area contributed by atoms with Crippen molar-refractivity contribution in [2.75, 3.05) is 31.5 Å². The Balaban J connectivity index is 1.82. The van der Waals surface area contributed by atoms with Crippen LogP contribution in [0.15, 0.2) is 12.3 Å². The van der Waals surface area contributed by atoms with Crippen LogP contribution in [0.2, 0.25) is 0 Å². The van der Waals surface area contributed by atoms with Gasteiger partial charge in [0.15, 0.2) is 0 Å². The molecular formula is C10H19N5. The van der Waals surface area contributed by atoms with E-state index in [-0.39, 0.29) is 0 Å². The van der Waals surface area contributed by atoms with Crippen molar-refractivity contribution in [2.45, 2.75) is 18.9 Å². The van der Waals surface area contributed by atoms with Gasteiger partial charge in [0.05, 0.1) is 12.2 Å². The average Bonchev–Trinajstić information content (AvgIpc) is 2.58. The number of anilines is 1. The van der Waals surface area contributed by atoms with Gasteiger partial charge < -0.3 is 16.4 Å². The molecule has 15 heavy (non-hydrogen) atoms. The van der Waals surface area contributed by atoms with E-state index < -0.39 is 0 Å². The molecule has 5 heteroatoms. The van der Waals surface area contributed by atoms with Gasteiger partial charge >= 0.3 is 0 Å². The van der Waals surface area contributed by atoms with Crippen LogP contribution >= 0.6 is 0 Å². The van der Waals surface area contributed by atoms with Gasteiger partial charge in [0.2, 0.25) is 0 Å². The van der Waals surface area contributed by atoms with E-state index >= 15 is 0 Å². The highest BCUT2D eigenvalue weighted by Gasteiger charge is 2.21. The molecule has 0 radical (unpaired) electrons. The Morgan fingerprint density at radius 1 is 1.53 bits per heavy atom. The smallest absolute Gasteiger partial charge is 0.124 e. The van der Waals surface area contributed by atoms with Crippen molar-refractivity contribution in [3.63, 3.8) is 0 Å². The number of unbranched alkanes of at least 4 members (excludes halogenated alkanes) is 1. The van der Waals surface area contributed by atoms with E-state index in [1.165, 1.54) is 0 Å². The van der Waals surface area contributed by atoms with E-state index in [9.17, 15) is 0 Å². The second kappa shape index (κ2) is 5.14. The van der Waals surface area contributed by atoms with Gasteiger partial charge in [-0.15, -0.1) is 0 Å². The molecule has 1 fully saturated rings. The Kier molecular flexibility index (Phi) is 3.58. The normalized spacial score (nSPS) is 16.3. The Morgan fingerprint density at radius 2 is 2.40 bits per heavy atom. The molecule has 1 aliphatic rings. The van der Waals surface area contributed by atoms with Gasteiger partial charge in [0.1, 0.15) is 5.82 Å². The standard InChI is InChI=1S/C10H19N5/c11-4-1-2-5-13-10-3-6-14-15(10)9-7-12-8-9/h3,6,9,12-13H,1-2,4-5,7-8,11H2. The van der Waals surface area contributed by atoms with Crippen LogP contribution in [0, 0.1) is 0 Å². The lowest BCUT2D eigenvalue weighted by Crippen LogP contribution is -2.44. The predicted molar refractivity (Wildman–Crippen MR) is 60.9 cm³/mol. The molecule has 4 N–H and O–H groups in total. The van der Waals surface area contributed by atoms with Crippen LogP contribution in [-0.2, 0) is 0 Å². The van der Waals surface area contributed by atoms with Crippen LogP contribution in [0.4, 0.5) is 5.82 Å². The number of aromatic nitrogens is 2. The first-order valence-electron chi connectivity index (χ1n) is 5.60. The minimum Gasteiger partial charge on any atom is -0.370 e. The molecule has 1 saturated heterocycles. The first kappa shape index (κ1) is 10.4.